The number of hydrogen-bond donors (Lipinski definition) is 1. The SMILES string of the molecule is NC(c1cncnc1)C1CCC2CCCCC2C1. The van der Waals surface area contributed by atoms with E-state index >= 15 is 0 Å². The van der Waals surface area contributed by atoms with Gasteiger partial charge in [0.2, 0.25) is 0 Å². The normalized spacial score (nSPS) is 33.7. The van der Waals surface area contributed by atoms with Gasteiger partial charge in [0.05, 0.1) is 0 Å². The van der Waals surface area contributed by atoms with Crippen LogP contribution in [0.15, 0.2) is 18.7 Å². The van der Waals surface area contributed by atoms with Crippen LogP contribution in [0.25, 0.3) is 0 Å². The van der Waals surface area contributed by atoms with Crippen molar-refractivity contribution in [1.82, 2.24) is 9.97 Å². The van der Waals surface area contributed by atoms with Crippen molar-refractivity contribution < 1.29 is 0 Å². The Morgan fingerprint density at radius 1 is 1.00 bits per heavy atom. The minimum atomic E-state index is 0.133. The van der Waals surface area contributed by atoms with E-state index in [-0.39, 0.29) is 6.04 Å². The lowest BCUT2D eigenvalue weighted by molar-refractivity contribution is 0.117. The molecule has 2 aliphatic carbocycles. The second-order valence-electron chi connectivity index (χ2n) is 6.08. The van der Waals surface area contributed by atoms with Crippen LogP contribution in [0.3, 0.4) is 0 Å². The first-order chi connectivity index (χ1) is 8.84. The zero-order valence-corrected chi connectivity index (χ0v) is 11.0. The van der Waals surface area contributed by atoms with Crippen LogP contribution in [0.2, 0.25) is 0 Å². The number of fused-ring (bicyclic) bond motifs is 1. The van der Waals surface area contributed by atoms with Crippen molar-refractivity contribution in [3.63, 3.8) is 0 Å². The first kappa shape index (κ1) is 12.1. The van der Waals surface area contributed by atoms with Gasteiger partial charge in [0.15, 0.2) is 0 Å². The molecule has 0 spiro atoms. The highest BCUT2D eigenvalue weighted by Crippen LogP contribution is 2.45. The van der Waals surface area contributed by atoms with Crippen LogP contribution in [0, 0.1) is 17.8 Å². The summed E-state index contributed by atoms with van der Waals surface area (Å²) in [4.78, 5) is 8.18. The smallest absolute Gasteiger partial charge is 0.115 e. The Kier molecular flexibility index (Phi) is 3.59. The van der Waals surface area contributed by atoms with Crippen molar-refractivity contribution in [3.8, 4) is 0 Å². The average molecular weight is 245 g/mol. The van der Waals surface area contributed by atoms with Crippen molar-refractivity contribution in [3.05, 3.63) is 24.3 Å². The largest absolute Gasteiger partial charge is 0.324 e. The zero-order chi connectivity index (χ0) is 12.4. The molecule has 18 heavy (non-hydrogen) atoms. The molecule has 1 heterocycles. The van der Waals surface area contributed by atoms with Gasteiger partial charge in [-0.1, -0.05) is 25.7 Å². The van der Waals surface area contributed by atoms with Gasteiger partial charge >= 0.3 is 0 Å². The van der Waals surface area contributed by atoms with E-state index in [2.05, 4.69) is 9.97 Å². The zero-order valence-electron chi connectivity index (χ0n) is 11.0. The molecule has 2 aliphatic rings. The molecule has 0 saturated heterocycles. The van der Waals surface area contributed by atoms with Crippen molar-refractivity contribution in [2.45, 2.75) is 51.0 Å². The van der Waals surface area contributed by atoms with Gasteiger partial charge in [-0.3, -0.25) is 0 Å². The predicted molar refractivity (Wildman–Crippen MR) is 71.7 cm³/mol. The number of aromatic nitrogens is 2. The Morgan fingerprint density at radius 3 is 2.50 bits per heavy atom. The Labute approximate surface area is 109 Å². The van der Waals surface area contributed by atoms with Crippen molar-refractivity contribution in [2.24, 2.45) is 23.5 Å². The second kappa shape index (κ2) is 5.35. The van der Waals surface area contributed by atoms with E-state index in [1.54, 1.807) is 6.33 Å². The lowest BCUT2D eigenvalue weighted by Gasteiger charge is -2.41. The summed E-state index contributed by atoms with van der Waals surface area (Å²) in [5.74, 6) is 2.57. The molecule has 2 N–H and O–H groups in total. The van der Waals surface area contributed by atoms with Crippen LogP contribution in [0.1, 0.15) is 56.6 Å². The summed E-state index contributed by atoms with van der Waals surface area (Å²) >= 11 is 0. The summed E-state index contributed by atoms with van der Waals surface area (Å²) in [5.41, 5.74) is 7.52. The third-order valence-electron chi connectivity index (χ3n) is 5.05. The van der Waals surface area contributed by atoms with E-state index in [0.717, 1.165) is 17.4 Å². The molecule has 3 nitrogen and oxygen atoms in total. The quantitative estimate of drug-likeness (QED) is 0.871. The summed E-state index contributed by atoms with van der Waals surface area (Å²) in [7, 11) is 0. The molecule has 0 amide bonds. The summed E-state index contributed by atoms with van der Waals surface area (Å²) in [5, 5.41) is 0. The van der Waals surface area contributed by atoms with Gasteiger partial charge in [0.1, 0.15) is 6.33 Å². The molecule has 4 unspecified atom stereocenters. The third kappa shape index (κ3) is 2.41. The van der Waals surface area contributed by atoms with E-state index < -0.39 is 0 Å². The van der Waals surface area contributed by atoms with Gasteiger partial charge in [0, 0.05) is 24.0 Å². The number of hydrogen-bond acceptors (Lipinski definition) is 3. The van der Waals surface area contributed by atoms with Crippen molar-refractivity contribution >= 4 is 0 Å². The molecule has 98 valence electrons. The average Bonchev–Trinajstić information content (AvgIpc) is 2.47. The van der Waals surface area contributed by atoms with Crippen LogP contribution in [-0.2, 0) is 0 Å². The summed E-state index contributed by atoms with van der Waals surface area (Å²) in [6, 6.07) is 0.133. The molecule has 0 radical (unpaired) electrons. The second-order valence-corrected chi connectivity index (χ2v) is 6.08. The molecule has 4 atom stereocenters. The number of nitrogens with two attached hydrogens (primary N) is 1. The fraction of sp³-hybridized carbons (Fsp3) is 0.733. The van der Waals surface area contributed by atoms with Crippen LogP contribution in [-0.4, -0.2) is 9.97 Å². The van der Waals surface area contributed by atoms with E-state index in [1.165, 1.54) is 44.9 Å². The van der Waals surface area contributed by atoms with Crippen molar-refractivity contribution in [2.75, 3.05) is 0 Å². The molecule has 3 heteroatoms. The van der Waals surface area contributed by atoms with Crippen LogP contribution in [0.4, 0.5) is 0 Å². The molecular weight excluding hydrogens is 222 g/mol. The minimum absolute atomic E-state index is 0.133. The monoisotopic (exact) mass is 245 g/mol. The minimum Gasteiger partial charge on any atom is -0.324 e. The van der Waals surface area contributed by atoms with Crippen LogP contribution >= 0.6 is 0 Å². The van der Waals surface area contributed by atoms with Gasteiger partial charge in [-0.15, -0.1) is 0 Å². The summed E-state index contributed by atoms with van der Waals surface area (Å²) in [6.45, 7) is 0. The topological polar surface area (TPSA) is 51.8 Å². The maximum atomic E-state index is 6.41. The standard InChI is InChI=1S/C15H23N3/c16-15(14-8-17-10-18-9-14)13-6-5-11-3-1-2-4-12(11)7-13/h8-13,15H,1-7,16H2. The molecule has 0 aliphatic heterocycles. The highest BCUT2D eigenvalue weighted by molar-refractivity contribution is 5.10. The maximum absolute atomic E-state index is 6.41. The molecular formula is C15H23N3. The Bertz CT molecular complexity index is 379. The summed E-state index contributed by atoms with van der Waals surface area (Å²) in [6.07, 6.45) is 15.1. The van der Waals surface area contributed by atoms with Crippen LogP contribution < -0.4 is 5.73 Å². The van der Waals surface area contributed by atoms with E-state index in [0.29, 0.717) is 5.92 Å². The third-order valence-corrected chi connectivity index (χ3v) is 5.05. The van der Waals surface area contributed by atoms with Gasteiger partial charge in [-0.2, -0.15) is 0 Å². The number of nitrogens with zero attached hydrogens (tertiary/aromatic N) is 2. The van der Waals surface area contributed by atoms with Gasteiger partial charge in [-0.05, 0) is 37.0 Å². The lowest BCUT2D eigenvalue weighted by atomic mass is 9.66. The molecule has 2 fully saturated rings. The maximum Gasteiger partial charge on any atom is 0.115 e. The Morgan fingerprint density at radius 2 is 1.72 bits per heavy atom. The van der Waals surface area contributed by atoms with Gasteiger partial charge in [-0.25, -0.2) is 9.97 Å². The van der Waals surface area contributed by atoms with Gasteiger partial charge < -0.3 is 5.73 Å². The van der Waals surface area contributed by atoms with E-state index in [4.69, 9.17) is 5.73 Å². The molecule has 1 aromatic heterocycles. The molecule has 3 rings (SSSR count). The van der Waals surface area contributed by atoms with Crippen LogP contribution in [0.5, 0.6) is 0 Å². The predicted octanol–water partition coefficient (Wildman–Crippen LogP) is 3.08. The highest BCUT2D eigenvalue weighted by Gasteiger charge is 2.34. The number of rotatable bonds is 2. The Balaban J connectivity index is 1.67. The first-order valence-electron chi connectivity index (χ1n) is 7.35. The fourth-order valence-electron chi connectivity index (χ4n) is 3.99. The van der Waals surface area contributed by atoms with E-state index in [9.17, 15) is 0 Å². The fourth-order valence-corrected chi connectivity index (χ4v) is 3.99. The van der Waals surface area contributed by atoms with E-state index in [1.807, 2.05) is 12.4 Å². The van der Waals surface area contributed by atoms with Crippen molar-refractivity contribution in [1.29, 1.82) is 0 Å². The lowest BCUT2D eigenvalue weighted by Crippen LogP contribution is -2.33. The summed E-state index contributed by atoms with van der Waals surface area (Å²) < 4.78 is 0. The highest BCUT2D eigenvalue weighted by atomic mass is 14.8. The molecule has 2 saturated carbocycles. The molecule has 0 bridgehead atoms. The molecule has 0 aromatic carbocycles. The Hall–Kier alpha value is -0.960. The first-order valence-corrected chi connectivity index (χ1v) is 7.35. The molecule has 1 aromatic rings. The van der Waals surface area contributed by atoms with Gasteiger partial charge in [0.25, 0.3) is 0 Å².